The third-order valence-corrected chi connectivity index (χ3v) is 5.22. The third-order valence-electron chi connectivity index (χ3n) is 2.99. The molecule has 2 rings (SSSR count). The molecule has 1 unspecified atom stereocenters. The SMILES string of the molecule is CCCOc1ccc(C(CSc2cccs2)NC)cc1. The van der Waals surface area contributed by atoms with E-state index in [1.54, 1.807) is 11.3 Å². The summed E-state index contributed by atoms with van der Waals surface area (Å²) in [6.45, 7) is 2.90. The summed E-state index contributed by atoms with van der Waals surface area (Å²) in [5.74, 6) is 1.99. The van der Waals surface area contributed by atoms with E-state index in [4.69, 9.17) is 4.74 Å². The van der Waals surface area contributed by atoms with Crippen LogP contribution >= 0.6 is 23.1 Å². The lowest BCUT2D eigenvalue weighted by Crippen LogP contribution is -2.18. The molecule has 2 nitrogen and oxygen atoms in total. The minimum absolute atomic E-state index is 0.363. The number of benzene rings is 1. The Balaban J connectivity index is 1.92. The van der Waals surface area contributed by atoms with Crippen molar-refractivity contribution in [3.05, 3.63) is 47.3 Å². The summed E-state index contributed by atoms with van der Waals surface area (Å²) in [4.78, 5) is 0. The average Bonchev–Trinajstić information content (AvgIpc) is 3.00. The van der Waals surface area contributed by atoms with Gasteiger partial charge in [-0.1, -0.05) is 25.1 Å². The highest BCUT2D eigenvalue weighted by Crippen LogP contribution is 2.28. The van der Waals surface area contributed by atoms with Crippen LogP contribution in [0.5, 0.6) is 5.75 Å². The molecule has 0 fully saturated rings. The largest absolute Gasteiger partial charge is 0.494 e. The second-order valence-corrected chi connectivity index (χ2v) is 6.77. The van der Waals surface area contributed by atoms with Gasteiger partial charge in [0.05, 0.1) is 10.8 Å². The number of hydrogen-bond acceptors (Lipinski definition) is 4. The molecule has 0 spiro atoms. The van der Waals surface area contributed by atoms with E-state index >= 15 is 0 Å². The molecule has 1 N–H and O–H groups in total. The molecule has 20 heavy (non-hydrogen) atoms. The standard InChI is InChI=1S/C16H21NOS2/c1-3-10-18-14-8-6-13(7-9-14)15(17-2)12-20-16-5-4-11-19-16/h4-9,11,15,17H,3,10,12H2,1-2H3. The Morgan fingerprint density at radius 3 is 2.65 bits per heavy atom. The summed E-state index contributed by atoms with van der Waals surface area (Å²) >= 11 is 3.69. The van der Waals surface area contributed by atoms with Crippen molar-refractivity contribution >= 4 is 23.1 Å². The van der Waals surface area contributed by atoms with Gasteiger partial charge in [-0.3, -0.25) is 0 Å². The average molecular weight is 307 g/mol. The van der Waals surface area contributed by atoms with Crippen molar-refractivity contribution in [2.24, 2.45) is 0 Å². The summed E-state index contributed by atoms with van der Waals surface area (Å²) in [6.07, 6.45) is 1.04. The number of thioether (sulfide) groups is 1. The van der Waals surface area contributed by atoms with Crippen LogP contribution in [0.4, 0.5) is 0 Å². The Morgan fingerprint density at radius 2 is 2.05 bits per heavy atom. The lowest BCUT2D eigenvalue weighted by Gasteiger charge is -2.16. The second kappa shape index (κ2) is 8.35. The van der Waals surface area contributed by atoms with Crippen LogP contribution in [0.25, 0.3) is 0 Å². The summed E-state index contributed by atoms with van der Waals surface area (Å²) in [6, 6.07) is 13.1. The molecule has 0 bridgehead atoms. The van der Waals surface area contributed by atoms with E-state index in [-0.39, 0.29) is 0 Å². The Morgan fingerprint density at radius 1 is 1.25 bits per heavy atom. The maximum atomic E-state index is 5.62. The first-order valence-corrected chi connectivity index (χ1v) is 8.76. The number of hydrogen-bond donors (Lipinski definition) is 1. The van der Waals surface area contributed by atoms with Crippen molar-refractivity contribution in [1.82, 2.24) is 5.32 Å². The van der Waals surface area contributed by atoms with Crippen molar-refractivity contribution in [3.8, 4) is 5.75 Å². The zero-order valence-electron chi connectivity index (χ0n) is 12.0. The van der Waals surface area contributed by atoms with Crippen molar-refractivity contribution < 1.29 is 4.74 Å². The zero-order valence-corrected chi connectivity index (χ0v) is 13.6. The van der Waals surface area contributed by atoms with Crippen molar-refractivity contribution in [1.29, 1.82) is 0 Å². The van der Waals surface area contributed by atoms with Crippen molar-refractivity contribution in [3.63, 3.8) is 0 Å². The normalized spacial score (nSPS) is 12.3. The first kappa shape index (κ1) is 15.4. The number of rotatable bonds is 8. The highest BCUT2D eigenvalue weighted by atomic mass is 32.2. The topological polar surface area (TPSA) is 21.3 Å². The van der Waals surface area contributed by atoms with E-state index in [2.05, 4.69) is 54.0 Å². The number of thiophene rings is 1. The monoisotopic (exact) mass is 307 g/mol. The lowest BCUT2D eigenvalue weighted by atomic mass is 10.1. The van der Waals surface area contributed by atoms with Gasteiger partial charge in [-0.05, 0) is 42.6 Å². The van der Waals surface area contributed by atoms with E-state index in [0.29, 0.717) is 6.04 Å². The molecule has 0 aliphatic heterocycles. The molecule has 0 aliphatic carbocycles. The van der Waals surface area contributed by atoms with Gasteiger partial charge in [-0.25, -0.2) is 0 Å². The highest BCUT2D eigenvalue weighted by molar-refractivity contribution is 8.01. The molecule has 108 valence electrons. The Kier molecular flexibility index (Phi) is 6.43. The van der Waals surface area contributed by atoms with E-state index in [9.17, 15) is 0 Å². The van der Waals surface area contributed by atoms with Gasteiger partial charge in [0, 0.05) is 11.8 Å². The molecule has 0 saturated carbocycles. The first-order valence-electron chi connectivity index (χ1n) is 6.89. The maximum Gasteiger partial charge on any atom is 0.119 e. The van der Waals surface area contributed by atoms with Crippen LogP contribution in [0.3, 0.4) is 0 Å². The molecule has 1 aromatic carbocycles. The van der Waals surface area contributed by atoms with Crippen LogP contribution in [0.15, 0.2) is 46.0 Å². The summed E-state index contributed by atoms with van der Waals surface area (Å²) < 4.78 is 6.99. The second-order valence-electron chi connectivity index (χ2n) is 4.50. The fourth-order valence-corrected chi connectivity index (χ4v) is 3.83. The van der Waals surface area contributed by atoms with Crippen LogP contribution in [0.1, 0.15) is 24.9 Å². The third kappa shape index (κ3) is 4.54. The summed E-state index contributed by atoms with van der Waals surface area (Å²) in [5.41, 5.74) is 1.31. The predicted molar refractivity (Wildman–Crippen MR) is 89.1 cm³/mol. The lowest BCUT2D eigenvalue weighted by molar-refractivity contribution is 0.317. The van der Waals surface area contributed by atoms with Crippen LogP contribution in [0, 0.1) is 0 Å². The van der Waals surface area contributed by atoms with Crippen LogP contribution < -0.4 is 10.1 Å². The molecule has 2 aromatic rings. The molecule has 1 atom stereocenters. The fourth-order valence-electron chi connectivity index (χ4n) is 1.87. The Bertz CT molecular complexity index is 482. The molecule has 0 amide bonds. The minimum atomic E-state index is 0.363. The quantitative estimate of drug-likeness (QED) is 0.721. The Labute approximate surface area is 129 Å². The predicted octanol–water partition coefficient (Wildman–Crippen LogP) is 4.59. The van der Waals surface area contributed by atoms with E-state index in [0.717, 1.165) is 24.5 Å². The smallest absolute Gasteiger partial charge is 0.119 e. The zero-order chi connectivity index (χ0) is 14.2. The number of nitrogens with one attached hydrogen (secondary N) is 1. The van der Waals surface area contributed by atoms with Gasteiger partial charge < -0.3 is 10.1 Å². The van der Waals surface area contributed by atoms with Gasteiger partial charge >= 0.3 is 0 Å². The molecule has 0 saturated heterocycles. The van der Waals surface area contributed by atoms with E-state index in [1.165, 1.54) is 9.77 Å². The summed E-state index contributed by atoms with van der Waals surface area (Å²) in [5, 5.41) is 5.51. The van der Waals surface area contributed by atoms with Crippen molar-refractivity contribution in [2.75, 3.05) is 19.4 Å². The molecular weight excluding hydrogens is 286 g/mol. The van der Waals surface area contributed by atoms with Crippen molar-refractivity contribution in [2.45, 2.75) is 23.6 Å². The Hall–Kier alpha value is -0.970. The maximum absolute atomic E-state index is 5.62. The summed E-state index contributed by atoms with van der Waals surface area (Å²) in [7, 11) is 2.02. The van der Waals surface area contributed by atoms with Gasteiger partial charge in [0.25, 0.3) is 0 Å². The highest BCUT2D eigenvalue weighted by Gasteiger charge is 2.10. The van der Waals surface area contributed by atoms with E-state index in [1.807, 2.05) is 18.8 Å². The van der Waals surface area contributed by atoms with Gasteiger partial charge in [0.1, 0.15) is 5.75 Å². The van der Waals surface area contributed by atoms with Crippen LogP contribution in [-0.4, -0.2) is 19.4 Å². The van der Waals surface area contributed by atoms with Gasteiger partial charge in [0.15, 0.2) is 0 Å². The molecule has 1 aromatic heterocycles. The van der Waals surface area contributed by atoms with Gasteiger partial charge in [0.2, 0.25) is 0 Å². The fraction of sp³-hybridized carbons (Fsp3) is 0.375. The molecule has 0 radical (unpaired) electrons. The molecular formula is C16H21NOS2. The minimum Gasteiger partial charge on any atom is -0.494 e. The van der Waals surface area contributed by atoms with Gasteiger partial charge in [-0.2, -0.15) is 0 Å². The van der Waals surface area contributed by atoms with Crippen LogP contribution in [0.2, 0.25) is 0 Å². The molecule has 0 aliphatic rings. The van der Waals surface area contributed by atoms with Gasteiger partial charge in [-0.15, -0.1) is 23.1 Å². The molecule has 1 heterocycles. The molecule has 4 heteroatoms. The van der Waals surface area contributed by atoms with E-state index < -0.39 is 0 Å². The first-order chi connectivity index (χ1) is 9.83. The number of ether oxygens (including phenoxy) is 1. The van der Waals surface area contributed by atoms with Crippen LogP contribution in [-0.2, 0) is 0 Å².